The standard InChI is InChI=1S/C18H21N5O5S/c1-5-22(6-2)12-7-8-14(15(9-12)19-11(3)24)20-21-17-13(18(25)28-4)10-16(29-17)23(26)27/h7-10H,5-6H2,1-4H3,(H,19,24). The van der Waals surface area contributed by atoms with Crippen LogP contribution in [0.5, 0.6) is 0 Å². The highest BCUT2D eigenvalue weighted by molar-refractivity contribution is 7.19. The number of rotatable bonds is 8. The second-order valence-corrected chi connectivity index (χ2v) is 6.82. The summed E-state index contributed by atoms with van der Waals surface area (Å²) >= 11 is 0.710. The lowest BCUT2D eigenvalue weighted by Gasteiger charge is -2.22. The van der Waals surface area contributed by atoms with Gasteiger partial charge < -0.3 is 15.0 Å². The second kappa shape index (κ2) is 9.73. The highest BCUT2D eigenvalue weighted by Gasteiger charge is 2.22. The van der Waals surface area contributed by atoms with E-state index in [4.69, 9.17) is 0 Å². The maximum Gasteiger partial charge on any atom is 0.341 e. The van der Waals surface area contributed by atoms with Crippen molar-refractivity contribution in [3.05, 3.63) is 39.9 Å². The van der Waals surface area contributed by atoms with Gasteiger partial charge in [-0.3, -0.25) is 14.9 Å². The fraction of sp³-hybridized carbons (Fsp3) is 0.333. The molecule has 10 nitrogen and oxygen atoms in total. The van der Waals surface area contributed by atoms with E-state index < -0.39 is 10.9 Å². The van der Waals surface area contributed by atoms with Crippen molar-refractivity contribution in [1.29, 1.82) is 0 Å². The SMILES string of the molecule is CCN(CC)c1ccc(N=Nc2sc([N+](=O)[O-])cc2C(=O)OC)c(NC(C)=O)c1. The van der Waals surface area contributed by atoms with Gasteiger partial charge in [-0.2, -0.15) is 0 Å². The minimum absolute atomic E-state index is 0.0464. The van der Waals surface area contributed by atoms with Gasteiger partial charge in [0.2, 0.25) is 5.91 Å². The molecule has 29 heavy (non-hydrogen) atoms. The summed E-state index contributed by atoms with van der Waals surface area (Å²) in [4.78, 5) is 36.0. The summed E-state index contributed by atoms with van der Waals surface area (Å²) in [5.74, 6) is -1.03. The molecule has 11 heteroatoms. The Morgan fingerprint density at radius 1 is 1.24 bits per heavy atom. The number of carbonyl (C=O) groups excluding carboxylic acids is 2. The molecule has 1 amide bonds. The number of nitrogens with one attached hydrogen (secondary N) is 1. The number of nitro groups is 1. The van der Waals surface area contributed by atoms with Crippen molar-refractivity contribution in [3.8, 4) is 0 Å². The molecule has 1 heterocycles. The molecule has 0 aliphatic rings. The zero-order valence-electron chi connectivity index (χ0n) is 16.5. The molecule has 0 spiro atoms. The third-order valence-corrected chi connectivity index (χ3v) is 4.92. The highest BCUT2D eigenvalue weighted by Crippen LogP contribution is 2.38. The molecule has 2 rings (SSSR count). The van der Waals surface area contributed by atoms with Crippen molar-refractivity contribution >= 4 is 50.3 Å². The van der Waals surface area contributed by atoms with Crippen molar-refractivity contribution in [1.82, 2.24) is 0 Å². The smallest absolute Gasteiger partial charge is 0.341 e. The quantitative estimate of drug-likeness (QED) is 0.287. The van der Waals surface area contributed by atoms with Gasteiger partial charge in [0.1, 0.15) is 11.3 Å². The highest BCUT2D eigenvalue weighted by atomic mass is 32.1. The number of hydrogen-bond donors (Lipinski definition) is 1. The lowest BCUT2D eigenvalue weighted by Crippen LogP contribution is -2.21. The van der Waals surface area contributed by atoms with Gasteiger partial charge in [0.25, 0.3) is 0 Å². The van der Waals surface area contributed by atoms with Gasteiger partial charge in [-0.25, -0.2) is 4.79 Å². The lowest BCUT2D eigenvalue weighted by atomic mass is 10.2. The molecular weight excluding hydrogens is 398 g/mol. The molecule has 0 atom stereocenters. The summed E-state index contributed by atoms with van der Waals surface area (Å²) in [6.45, 7) is 7.00. The van der Waals surface area contributed by atoms with Gasteiger partial charge in [-0.05, 0) is 43.4 Å². The van der Waals surface area contributed by atoms with Crippen molar-refractivity contribution in [2.45, 2.75) is 20.8 Å². The molecule has 0 aliphatic heterocycles. The molecule has 1 N–H and O–H groups in total. The normalized spacial score (nSPS) is 10.8. The average Bonchev–Trinajstić information content (AvgIpc) is 3.12. The molecular formula is C18H21N5O5S. The van der Waals surface area contributed by atoms with Crippen LogP contribution in [0.1, 0.15) is 31.1 Å². The second-order valence-electron chi connectivity index (χ2n) is 5.81. The van der Waals surface area contributed by atoms with E-state index in [1.165, 1.54) is 14.0 Å². The van der Waals surface area contributed by atoms with Gasteiger partial charge in [0.05, 0.1) is 17.7 Å². The molecule has 0 saturated heterocycles. The summed E-state index contributed by atoms with van der Waals surface area (Å²) in [5.41, 5.74) is 1.65. The first-order valence-electron chi connectivity index (χ1n) is 8.75. The zero-order valence-corrected chi connectivity index (χ0v) is 17.3. The number of carbonyl (C=O) groups is 2. The first-order chi connectivity index (χ1) is 13.8. The molecule has 1 aromatic heterocycles. The molecule has 2 aromatic rings. The number of nitrogens with zero attached hydrogens (tertiary/aromatic N) is 4. The maximum absolute atomic E-state index is 11.9. The number of esters is 1. The summed E-state index contributed by atoms with van der Waals surface area (Å²) in [5, 5.41) is 21.6. The molecule has 154 valence electrons. The van der Waals surface area contributed by atoms with Crippen LogP contribution in [0.3, 0.4) is 0 Å². The Labute approximate surface area is 171 Å². The molecule has 0 radical (unpaired) electrons. The number of hydrogen-bond acceptors (Lipinski definition) is 9. The van der Waals surface area contributed by atoms with Crippen molar-refractivity contribution in [2.24, 2.45) is 10.2 Å². The van der Waals surface area contributed by atoms with E-state index in [9.17, 15) is 19.7 Å². The number of methoxy groups -OCH3 is 1. The van der Waals surface area contributed by atoms with Crippen molar-refractivity contribution < 1.29 is 19.2 Å². The minimum Gasteiger partial charge on any atom is -0.465 e. The Kier molecular flexibility index (Phi) is 7.37. The van der Waals surface area contributed by atoms with Crippen LogP contribution in [0.4, 0.5) is 27.1 Å². The van der Waals surface area contributed by atoms with Gasteiger partial charge in [0.15, 0.2) is 5.00 Å². The average molecular weight is 419 g/mol. The fourth-order valence-corrected chi connectivity index (χ4v) is 3.36. The Hall–Kier alpha value is -3.34. The molecule has 0 saturated carbocycles. The van der Waals surface area contributed by atoms with E-state index in [2.05, 4.69) is 25.2 Å². The van der Waals surface area contributed by atoms with E-state index in [0.717, 1.165) is 24.8 Å². The first kappa shape index (κ1) is 22.0. The van der Waals surface area contributed by atoms with E-state index in [-0.39, 0.29) is 21.5 Å². The van der Waals surface area contributed by atoms with Crippen LogP contribution in [0, 0.1) is 10.1 Å². The van der Waals surface area contributed by atoms with Crippen molar-refractivity contribution in [2.75, 3.05) is 30.4 Å². The van der Waals surface area contributed by atoms with E-state index in [1.54, 1.807) is 12.1 Å². The van der Waals surface area contributed by atoms with Crippen LogP contribution in [0.15, 0.2) is 34.5 Å². The zero-order chi connectivity index (χ0) is 21.6. The molecule has 0 aliphatic carbocycles. The van der Waals surface area contributed by atoms with Gasteiger partial charge in [0, 0.05) is 31.8 Å². The van der Waals surface area contributed by atoms with Crippen LogP contribution >= 0.6 is 11.3 Å². The summed E-state index contributed by atoms with van der Waals surface area (Å²) < 4.78 is 4.65. The number of benzene rings is 1. The van der Waals surface area contributed by atoms with Gasteiger partial charge >= 0.3 is 11.0 Å². The largest absolute Gasteiger partial charge is 0.465 e. The Morgan fingerprint density at radius 2 is 1.93 bits per heavy atom. The minimum atomic E-state index is -0.748. The lowest BCUT2D eigenvalue weighted by molar-refractivity contribution is -0.380. The van der Waals surface area contributed by atoms with Crippen LogP contribution in [0.25, 0.3) is 0 Å². The molecule has 1 aromatic carbocycles. The number of thiophene rings is 1. The number of amides is 1. The predicted molar refractivity (Wildman–Crippen MR) is 111 cm³/mol. The molecule has 0 unspecified atom stereocenters. The number of anilines is 2. The first-order valence-corrected chi connectivity index (χ1v) is 9.57. The summed E-state index contributed by atoms with van der Waals surface area (Å²) in [7, 11) is 1.17. The molecule has 0 fully saturated rings. The fourth-order valence-electron chi connectivity index (χ4n) is 2.57. The third-order valence-electron chi connectivity index (χ3n) is 3.95. The van der Waals surface area contributed by atoms with Gasteiger partial charge in [-0.1, -0.05) is 0 Å². The maximum atomic E-state index is 11.9. The number of azo groups is 1. The van der Waals surface area contributed by atoms with E-state index in [1.807, 2.05) is 19.9 Å². The Bertz CT molecular complexity index is 952. The van der Waals surface area contributed by atoms with Crippen LogP contribution in [0.2, 0.25) is 0 Å². The monoisotopic (exact) mass is 419 g/mol. The Morgan fingerprint density at radius 3 is 2.48 bits per heavy atom. The Balaban J connectivity index is 2.47. The van der Waals surface area contributed by atoms with Crippen molar-refractivity contribution in [3.63, 3.8) is 0 Å². The van der Waals surface area contributed by atoms with Crippen LogP contribution in [-0.4, -0.2) is 37.0 Å². The third kappa shape index (κ3) is 5.35. The van der Waals surface area contributed by atoms with Crippen LogP contribution in [-0.2, 0) is 9.53 Å². The topological polar surface area (TPSA) is 126 Å². The van der Waals surface area contributed by atoms with Gasteiger partial charge in [-0.15, -0.1) is 10.2 Å². The number of ether oxygens (including phenoxy) is 1. The predicted octanol–water partition coefficient (Wildman–Crippen LogP) is 4.66. The van der Waals surface area contributed by atoms with Crippen LogP contribution < -0.4 is 10.2 Å². The summed E-state index contributed by atoms with van der Waals surface area (Å²) in [6.07, 6.45) is 0. The van der Waals surface area contributed by atoms with E-state index in [0.29, 0.717) is 22.7 Å². The van der Waals surface area contributed by atoms with E-state index >= 15 is 0 Å². The summed E-state index contributed by atoms with van der Waals surface area (Å²) in [6, 6.07) is 6.40. The molecule has 0 bridgehead atoms.